The monoisotopic (exact) mass is 221 g/mol. The average molecular weight is 221 g/mol. The fourth-order valence-electron chi connectivity index (χ4n) is 1.70. The molecular weight excluding hydrogens is 206 g/mol. The molecular formula is C12H15NO3. The quantitative estimate of drug-likeness (QED) is 0.824. The maximum atomic E-state index is 11.6. The average Bonchev–Trinajstić information content (AvgIpc) is 2.31. The first-order valence-electron chi connectivity index (χ1n) is 5.32. The second kappa shape index (κ2) is 4.53. The van der Waals surface area contributed by atoms with Gasteiger partial charge in [-0.1, -0.05) is 17.7 Å². The molecule has 1 amide bonds. The van der Waals surface area contributed by atoms with Gasteiger partial charge in [0.2, 0.25) is 0 Å². The first-order valence-corrected chi connectivity index (χ1v) is 5.32. The number of hydrogen-bond acceptors (Lipinski definition) is 3. The third-order valence-corrected chi connectivity index (χ3v) is 2.71. The van der Waals surface area contributed by atoms with E-state index >= 15 is 0 Å². The number of aryl methyl sites for hydroxylation is 1. The van der Waals surface area contributed by atoms with Gasteiger partial charge in [0.05, 0.1) is 13.2 Å². The van der Waals surface area contributed by atoms with Crippen molar-refractivity contribution in [3.8, 4) is 0 Å². The highest BCUT2D eigenvalue weighted by Crippen LogP contribution is 2.21. The molecule has 0 radical (unpaired) electrons. The molecule has 1 heterocycles. The zero-order valence-corrected chi connectivity index (χ0v) is 9.22. The lowest BCUT2D eigenvalue weighted by Gasteiger charge is -2.31. The molecule has 1 aliphatic rings. The van der Waals surface area contributed by atoms with E-state index in [-0.39, 0.29) is 18.6 Å². The van der Waals surface area contributed by atoms with Crippen molar-refractivity contribution in [3.05, 3.63) is 29.8 Å². The van der Waals surface area contributed by atoms with Crippen molar-refractivity contribution in [2.45, 2.75) is 6.92 Å². The minimum Gasteiger partial charge on any atom is -0.449 e. The highest BCUT2D eigenvalue weighted by Gasteiger charge is 2.27. The van der Waals surface area contributed by atoms with Crippen LogP contribution < -0.4 is 4.90 Å². The Morgan fingerprint density at radius 2 is 2.12 bits per heavy atom. The number of aliphatic hydroxyl groups excluding tert-OH is 1. The summed E-state index contributed by atoms with van der Waals surface area (Å²) in [7, 11) is 0. The molecule has 1 N–H and O–H groups in total. The van der Waals surface area contributed by atoms with Crippen molar-refractivity contribution in [3.63, 3.8) is 0 Å². The van der Waals surface area contributed by atoms with Gasteiger partial charge in [-0.2, -0.15) is 0 Å². The summed E-state index contributed by atoms with van der Waals surface area (Å²) >= 11 is 0. The van der Waals surface area contributed by atoms with Gasteiger partial charge in [0.25, 0.3) is 0 Å². The number of rotatable bonds is 2. The number of carbonyl (C=O) groups excluding carboxylic acids is 1. The fraction of sp³-hybridized carbons (Fsp3) is 0.417. The van der Waals surface area contributed by atoms with Crippen LogP contribution in [0.15, 0.2) is 24.3 Å². The molecule has 1 aromatic carbocycles. The van der Waals surface area contributed by atoms with Gasteiger partial charge in [-0.15, -0.1) is 0 Å². The number of amides is 1. The summed E-state index contributed by atoms with van der Waals surface area (Å²) < 4.78 is 5.01. The first-order chi connectivity index (χ1) is 7.70. The Morgan fingerprint density at radius 1 is 1.44 bits per heavy atom. The van der Waals surface area contributed by atoms with Gasteiger partial charge < -0.3 is 9.84 Å². The zero-order valence-electron chi connectivity index (χ0n) is 9.22. The van der Waals surface area contributed by atoms with Crippen molar-refractivity contribution in [2.24, 2.45) is 5.92 Å². The minimum atomic E-state index is -0.339. The number of benzene rings is 1. The van der Waals surface area contributed by atoms with E-state index in [1.165, 1.54) is 0 Å². The summed E-state index contributed by atoms with van der Waals surface area (Å²) in [5, 5.41) is 9.07. The number of nitrogens with zero attached hydrogens (tertiary/aromatic N) is 1. The summed E-state index contributed by atoms with van der Waals surface area (Å²) in [4.78, 5) is 13.1. The number of hydrogen-bond donors (Lipinski definition) is 1. The normalized spacial score (nSPS) is 20.8. The number of carbonyl (C=O) groups is 1. The molecule has 1 fully saturated rings. The van der Waals surface area contributed by atoms with Crippen LogP contribution in [0, 0.1) is 12.8 Å². The molecule has 0 saturated carbocycles. The Bertz CT molecular complexity index is 374. The topological polar surface area (TPSA) is 49.8 Å². The molecule has 86 valence electrons. The molecule has 1 aliphatic heterocycles. The lowest BCUT2D eigenvalue weighted by molar-refractivity contribution is 0.0900. The number of cyclic esters (lactones) is 1. The highest BCUT2D eigenvalue weighted by molar-refractivity contribution is 5.88. The van der Waals surface area contributed by atoms with Crippen LogP contribution >= 0.6 is 0 Å². The molecule has 1 atom stereocenters. The summed E-state index contributed by atoms with van der Waals surface area (Å²) in [5.41, 5.74) is 1.96. The van der Waals surface area contributed by atoms with E-state index in [4.69, 9.17) is 9.84 Å². The second-order valence-electron chi connectivity index (χ2n) is 4.07. The Balaban J connectivity index is 2.17. The summed E-state index contributed by atoms with van der Waals surface area (Å²) in [5.74, 6) is -0.000923. The molecule has 4 nitrogen and oxygen atoms in total. The van der Waals surface area contributed by atoms with Crippen molar-refractivity contribution < 1.29 is 14.6 Å². The maximum Gasteiger partial charge on any atom is 0.414 e. The first kappa shape index (κ1) is 11.0. The maximum absolute atomic E-state index is 11.6. The largest absolute Gasteiger partial charge is 0.449 e. The predicted molar refractivity (Wildman–Crippen MR) is 60.4 cm³/mol. The van der Waals surface area contributed by atoms with Crippen LogP contribution in [-0.4, -0.2) is 31.0 Å². The van der Waals surface area contributed by atoms with Crippen LogP contribution in [0.1, 0.15) is 5.56 Å². The van der Waals surface area contributed by atoms with E-state index in [0.29, 0.717) is 13.2 Å². The minimum absolute atomic E-state index is 0.000923. The van der Waals surface area contributed by atoms with Crippen LogP contribution in [0.5, 0.6) is 0 Å². The molecule has 16 heavy (non-hydrogen) atoms. The summed E-state index contributed by atoms with van der Waals surface area (Å²) in [6, 6.07) is 7.67. The van der Waals surface area contributed by atoms with Gasteiger partial charge in [-0.25, -0.2) is 4.79 Å². The van der Waals surface area contributed by atoms with Gasteiger partial charge >= 0.3 is 6.09 Å². The molecule has 2 rings (SSSR count). The van der Waals surface area contributed by atoms with Gasteiger partial charge in [0.15, 0.2) is 0 Å². The van der Waals surface area contributed by atoms with Crippen LogP contribution in [-0.2, 0) is 4.74 Å². The molecule has 4 heteroatoms. The number of aliphatic hydroxyl groups is 1. The van der Waals surface area contributed by atoms with Crippen LogP contribution in [0.4, 0.5) is 10.5 Å². The summed E-state index contributed by atoms with van der Waals surface area (Å²) in [6.07, 6.45) is -0.339. The van der Waals surface area contributed by atoms with E-state index < -0.39 is 0 Å². The SMILES string of the molecule is Cc1ccc(N2CC(CO)COC2=O)cc1. The lowest BCUT2D eigenvalue weighted by Crippen LogP contribution is -2.44. The Morgan fingerprint density at radius 3 is 2.75 bits per heavy atom. The molecule has 0 aliphatic carbocycles. The van der Waals surface area contributed by atoms with E-state index in [9.17, 15) is 4.79 Å². The Labute approximate surface area is 94.4 Å². The Hall–Kier alpha value is -1.55. The second-order valence-corrected chi connectivity index (χ2v) is 4.07. The summed E-state index contributed by atoms with van der Waals surface area (Å²) in [6.45, 7) is 2.85. The van der Waals surface area contributed by atoms with Gasteiger partial charge in [0.1, 0.15) is 0 Å². The van der Waals surface area contributed by atoms with Gasteiger partial charge in [0, 0.05) is 18.2 Å². The van der Waals surface area contributed by atoms with Gasteiger partial charge in [-0.05, 0) is 19.1 Å². The van der Waals surface area contributed by atoms with Gasteiger partial charge in [-0.3, -0.25) is 4.90 Å². The van der Waals surface area contributed by atoms with E-state index in [0.717, 1.165) is 11.3 Å². The van der Waals surface area contributed by atoms with Crippen molar-refractivity contribution in [1.82, 2.24) is 0 Å². The smallest absolute Gasteiger partial charge is 0.414 e. The van der Waals surface area contributed by atoms with E-state index in [1.54, 1.807) is 4.90 Å². The number of ether oxygens (including phenoxy) is 1. The molecule has 0 bridgehead atoms. The van der Waals surface area contributed by atoms with Crippen molar-refractivity contribution in [1.29, 1.82) is 0 Å². The molecule has 1 saturated heterocycles. The number of anilines is 1. The standard InChI is InChI=1S/C12H15NO3/c1-9-2-4-11(5-3-9)13-6-10(7-14)8-16-12(13)15/h2-5,10,14H,6-8H2,1H3. The Kier molecular flexibility index (Phi) is 3.10. The lowest BCUT2D eigenvalue weighted by atomic mass is 10.1. The van der Waals surface area contributed by atoms with Crippen molar-refractivity contribution in [2.75, 3.05) is 24.7 Å². The zero-order chi connectivity index (χ0) is 11.5. The van der Waals surface area contributed by atoms with Crippen LogP contribution in [0.25, 0.3) is 0 Å². The molecule has 1 unspecified atom stereocenters. The van der Waals surface area contributed by atoms with E-state index in [2.05, 4.69) is 0 Å². The third kappa shape index (κ3) is 2.17. The highest BCUT2D eigenvalue weighted by atomic mass is 16.6. The van der Waals surface area contributed by atoms with E-state index in [1.807, 2.05) is 31.2 Å². The molecule has 0 spiro atoms. The van der Waals surface area contributed by atoms with Crippen LogP contribution in [0.2, 0.25) is 0 Å². The fourth-order valence-corrected chi connectivity index (χ4v) is 1.70. The van der Waals surface area contributed by atoms with Crippen molar-refractivity contribution >= 4 is 11.8 Å². The third-order valence-electron chi connectivity index (χ3n) is 2.71. The predicted octanol–water partition coefficient (Wildman–Crippen LogP) is 1.56. The molecule has 1 aromatic rings. The molecule has 0 aromatic heterocycles. The van der Waals surface area contributed by atoms with Crippen LogP contribution in [0.3, 0.4) is 0 Å².